The number of ether oxygens (including phenoxy) is 1. The molecule has 4 heteroatoms. The van der Waals surface area contributed by atoms with Crippen LogP contribution in [0.25, 0.3) is 0 Å². The van der Waals surface area contributed by atoms with E-state index in [2.05, 4.69) is 21.4 Å². The SMILES string of the molecule is Cc1nc(Oc2cccnc2)ccc1CNC1CC1. The minimum Gasteiger partial charge on any atom is -0.437 e. The van der Waals surface area contributed by atoms with E-state index < -0.39 is 0 Å². The summed E-state index contributed by atoms with van der Waals surface area (Å²) < 4.78 is 5.66. The fourth-order valence-electron chi connectivity index (χ4n) is 1.88. The zero-order valence-electron chi connectivity index (χ0n) is 11.0. The number of hydrogen-bond acceptors (Lipinski definition) is 4. The predicted octanol–water partition coefficient (Wildman–Crippen LogP) is 2.83. The molecule has 1 N–H and O–H groups in total. The Hall–Kier alpha value is -1.94. The lowest BCUT2D eigenvalue weighted by molar-refractivity contribution is 0.458. The first-order valence-electron chi connectivity index (χ1n) is 6.59. The molecule has 0 atom stereocenters. The first-order chi connectivity index (χ1) is 9.31. The van der Waals surface area contributed by atoms with Gasteiger partial charge < -0.3 is 10.1 Å². The first kappa shape index (κ1) is 12.1. The van der Waals surface area contributed by atoms with Crippen molar-refractivity contribution in [2.45, 2.75) is 32.4 Å². The van der Waals surface area contributed by atoms with Crippen LogP contribution in [0.4, 0.5) is 0 Å². The van der Waals surface area contributed by atoms with Gasteiger partial charge in [0, 0.05) is 30.5 Å². The number of pyridine rings is 2. The summed E-state index contributed by atoms with van der Waals surface area (Å²) in [6, 6.07) is 8.40. The second-order valence-corrected chi connectivity index (χ2v) is 4.84. The van der Waals surface area contributed by atoms with Crippen LogP contribution in [0.1, 0.15) is 24.1 Å². The molecule has 1 aliphatic carbocycles. The largest absolute Gasteiger partial charge is 0.437 e. The highest BCUT2D eigenvalue weighted by Crippen LogP contribution is 2.22. The zero-order chi connectivity index (χ0) is 13.1. The van der Waals surface area contributed by atoms with Gasteiger partial charge in [-0.05, 0) is 37.5 Å². The lowest BCUT2D eigenvalue weighted by Crippen LogP contribution is -2.16. The average Bonchev–Trinajstić information content (AvgIpc) is 3.23. The van der Waals surface area contributed by atoms with Crippen LogP contribution in [-0.2, 0) is 6.54 Å². The summed E-state index contributed by atoms with van der Waals surface area (Å²) in [6.07, 6.45) is 6.00. The summed E-state index contributed by atoms with van der Waals surface area (Å²) in [6.45, 7) is 2.90. The third-order valence-corrected chi connectivity index (χ3v) is 3.19. The van der Waals surface area contributed by atoms with E-state index in [0.717, 1.165) is 12.2 Å². The van der Waals surface area contributed by atoms with Crippen LogP contribution in [0.15, 0.2) is 36.7 Å². The number of rotatable bonds is 5. The van der Waals surface area contributed by atoms with Gasteiger partial charge in [0.2, 0.25) is 5.88 Å². The maximum atomic E-state index is 5.66. The molecule has 0 aromatic carbocycles. The molecule has 1 saturated carbocycles. The van der Waals surface area contributed by atoms with Crippen LogP contribution in [0.3, 0.4) is 0 Å². The Kier molecular flexibility index (Phi) is 3.42. The highest BCUT2D eigenvalue weighted by atomic mass is 16.5. The van der Waals surface area contributed by atoms with Gasteiger partial charge in [0.05, 0.1) is 6.20 Å². The van der Waals surface area contributed by atoms with Crippen molar-refractivity contribution in [1.82, 2.24) is 15.3 Å². The molecule has 0 aliphatic heterocycles. The summed E-state index contributed by atoms with van der Waals surface area (Å²) in [5.74, 6) is 1.32. The minimum absolute atomic E-state index is 0.612. The van der Waals surface area contributed by atoms with Crippen molar-refractivity contribution >= 4 is 0 Å². The van der Waals surface area contributed by atoms with Crippen molar-refractivity contribution < 1.29 is 4.74 Å². The van der Waals surface area contributed by atoms with Crippen LogP contribution in [0.5, 0.6) is 11.6 Å². The molecule has 0 spiro atoms. The fraction of sp³-hybridized carbons (Fsp3) is 0.333. The lowest BCUT2D eigenvalue weighted by atomic mass is 10.2. The molecule has 1 aliphatic rings. The zero-order valence-corrected chi connectivity index (χ0v) is 11.0. The molecule has 4 nitrogen and oxygen atoms in total. The van der Waals surface area contributed by atoms with E-state index in [1.807, 2.05) is 25.1 Å². The van der Waals surface area contributed by atoms with Gasteiger partial charge in [0.1, 0.15) is 5.75 Å². The van der Waals surface area contributed by atoms with Gasteiger partial charge in [-0.1, -0.05) is 6.07 Å². The van der Waals surface area contributed by atoms with Crippen LogP contribution < -0.4 is 10.1 Å². The normalized spacial score (nSPS) is 14.4. The molecule has 1 fully saturated rings. The molecule has 0 bridgehead atoms. The van der Waals surface area contributed by atoms with Gasteiger partial charge in [0.15, 0.2) is 0 Å². The Balaban J connectivity index is 1.67. The molecule has 0 saturated heterocycles. The van der Waals surface area contributed by atoms with E-state index >= 15 is 0 Å². The molecule has 2 aromatic rings. The standard InChI is InChI=1S/C15H17N3O/c1-11-12(9-17-13-5-6-13)4-7-15(18-11)19-14-3-2-8-16-10-14/h2-4,7-8,10,13,17H,5-6,9H2,1H3. The van der Waals surface area contributed by atoms with Crippen LogP contribution in [-0.4, -0.2) is 16.0 Å². The highest BCUT2D eigenvalue weighted by Gasteiger charge is 2.20. The molecule has 3 rings (SSSR count). The Morgan fingerprint density at radius 3 is 2.89 bits per heavy atom. The summed E-state index contributed by atoms with van der Waals surface area (Å²) in [7, 11) is 0. The first-order valence-corrected chi connectivity index (χ1v) is 6.59. The second kappa shape index (κ2) is 5.36. The Morgan fingerprint density at radius 1 is 1.32 bits per heavy atom. The second-order valence-electron chi connectivity index (χ2n) is 4.84. The minimum atomic E-state index is 0.612. The number of nitrogens with zero attached hydrogens (tertiary/aromatic N) is 2. The van der Waals surface area contributed by atoms with Crippen molar-refractivity contribution in [3.63, 3.8) is 0 Å². The number of hydrogen-bond donors (Lipinski definition) is 1. The molecule has 2 aromatic heterocycles. The molecular weight excluding hydrogens is 238 g/mol. The predicted molar refractivity (Wildman–Crippen MR) is 73.1 cm³/mol. The summed E-state index contributed by atoms with van der Waals surface area (Å²) in [4.78, 5) is 8.49. The van der Waals surface area contributed by atoms with Crippen molar-refractivity contribution in [3.05, 3.63) is 47.9 Å². The summed E-state index contributed by atoms with van der Waals surface area (Å²) in [5, 5.41) is 3.49. The fourth-order valence-corrected chi connectivity index (χ4v) is 1.88. The third kappa shape index (κ3) is 3.29. The summed E-state index contributed by atoms with van der Waals surface area (Å²) in [5.41, 5.74) is 2.24. The Bertz CT molecular complexity index is 553. The average molecular weight is 255 g/mol. The monoisotopic (exact) mass is 255 g/mol. The number of nitrogens with one attached hydrogen (secondary N) is 1. The number of aryl methyl sites for hydroxylation is 1. The van der Waals surface area contributed by atoms with Gasteiger partial charge in [-0.25, -0.2) is 4.98 Å². The van der Waals surface area contributed by atoms with E-state index in [4.69, 9.17) is 4.74 Å². The highest BCUT2D eigenvalue weighted by molar-refractivity contribution is 5.28. The molecule has 0 unspecified atom stereocenters. The third-order valence-electron chi connectivity index (χ3n) is 3.19. The van der Waals surface area contributed by atoms with E-state index in [9.17, 15) is 0 Å². The molecule has 19 heavy (non-hydrogen) atoms. The van der Waals surface area contributed by atoms with Gasteiger partial charge >= 0.3 is 0 Å². The molecule has 2 heterocycles. The van der Waals surface area contributed by atoms with Gasteiger partial charge in [-0.15, -0.1) is 0 Å². The van der Waals surface area contributed by atoms with Crippen molar-refractivity contribution in [2.75, 3.05) is 0 Å². The molecule has 0 amide bonds. The van der Waals surface area contributed by atoms with E-state index in [1.54, 1.807) is 12.4 Å². The summed E-state index contributed by atoms with van der Waals surface area (Å²) >= 11 is 0. The van der Waals surface area contributed by atoms with Gasteiger partial charge in [0.25, 0.3) is 0 Å². The Morgan fingerprint density at radius 2 is 2.21 bits per heavy atom. The quantitative estimate of drug-likeness (QED) is 0.892. The van der Waals surface area contributed by atoms with Crippen LogP contribution >= 0.6 is 0 Å². The van der Waals surface area contributed by atoms with Crippen LogP contribution in [0.2, 0.25) is 0 Å². The van der Waals surface area contributed by atoms with E-state index in [1.165, 1.54) is 18.4 Å². The molecule has 98 valence electrons. The Labute approximate surface area is 112 Å². The van der Waals surface area contributed by atoms with Crippen molar-refractivity contribution in [3.8, 4) is 11.6 Å². The number of aromatic nitrogens is 2. The van der Waals surface area contributed by atoms with Crippen LogP contribution in [0, 0.1) is 6.92 Å². The molecular formula is C15H17N3O. The topological polar surface area (TPSA) is 47.0 Å². The smallest absolute Gasteiger partial charge is 0.219 e. The van der Waals surface area contributed by atoms with Gasteiger partial charge in [-0.2, -0.15) is 0 Å². The molecule has 0 radical (unpaired) electrons. The van der Waals surface area contributed by atoms with Gasteiger partial charge in [-0.3, -0.25) is 4.98 Å². The maximum Gasteiger partial charge on any atom is 0.219 e. The lowest BCUT2D eigenvalue weighted by Gasteiger charge is -2.09. The van der Waals surface area contributed by atoms with E-state index in [0.29, 0.717) is 17.7 Å². The van der Waals surface area contributed by atoms with Crippen molar-refractivity contribution in [2.24, 2.45) is 0 Å². The maximum absolute atomic E-state index is 5.66. The van der Waals surface area contributed by atoms with Crippen molar-refractivity contribution in [1.29, 1.82) is 0 Å². The van der Waals surface area contributed by atoms with E-state index in [-0.39, 0.29) is 0 Å².